The molecule has 0 bridgehead atoms. The number of nitrogen functional groups attached to an aromatic ring is 1. The van der Waals surface area contributed by atoms with Crippen molar-refractivity contribution in [3.8, 4) is 0 Å². The molecule has 0 amide bonds. The van der Waals surface area contributed by atoms with E-state index in [1.165, 1.54) is 0 Å². The van der Waals surface area contributed by atoms with Crippen LogP contribution in [-0.2, 0) is 22.4 Å². The number of carbonyl (C=O) groups excluding carboxylic acids is 1. The Morgan fingerprint density at radius 1 is 1.26 bits per heavy atom. The van der Waals surface area contributed by atoms with Crippen LogP contribution < -0.4 is 11.1 Å². The Hall–Kier alpha value is -1.98. The lowest BCUT2D eigenvalue weighted by Gasteiger charge is -2.30. The second-order valence-corrected chi connectivity index (χ2v) is 9.65. The van der Waals surface area contributed by atoms with E-state index in [-0.39, 0.29) is 18.3 Å². The second kappa shape index (κ2) is 13.2. The number of aliphatic hydroxyl groups is 1. The number of nitrogens with one attached hydrogen (secondary N) is 1. The first-order chi connectivity index (χ1) is 16.4. The Kier molecular flexibility index (Phi) is 10.3. The van der Waals surface area contributed by atoms with Gasteiger partial charge in [-0.15, -0.1) is 0 Å². The van der Waals surface area contributed by atoms with Crippen molar-refractivity contribution in [3.63, 3.8) is 0 Å². The number of hydrogen-bond donors (Lipinski definition) is 3. The Morgan fingerprint density at radius 3 is 2.59 bits per heavy atom. The van der Waals surface area contributed by atoms with Gasteiger partial charge >= 0.3 is 5.97 Å². The highest BCUT2D eigenvalue weighted by Gasteiger charge is 2.20. The first kappa shape index (κ1) is 26.6. The first-order valence-corrected chi connectivity index (χ1v) is 13.5. The highest BCUT2D eigenvalue weighted by atomic mass is 127. The van der Waals surface area contributed by atoms with Gasteiger partial charge in [0.2, 0.25) is 5.95 Å². The van der Waals surface area contributed by atoms with Crippen LogP contribution in [0.2, 0.25) is 0 Å². The predicted molar refractivity (Wildman–Crippen MR) is 143 cm³/mol. The summed E-state index contributed by atoms with van der Waals surface area (Å²) in [5.41, 5.74) is 9.60. The molecule has 1 atom stereocenters. The smallest absolute Gasteiger partial charge is 0.310 e. The highest BCUT2D eigenvalue weighted by molar-refractivity contribution is 14.1. The molecule has 1 unspecified atom stereocenters. The number of aromatic nitrogens is 2. The van der Waals surface area contributed by atoms with Gasteiger partial charge in [-0.2, -0.15) is 4.98 Å². The molecule has 9 heteroatoms. The number of aliphatic hydroxyl groups excluding tert-OH is 1. The van der Waals surface area contributed by atoms with Crippen molar-refractivity contribution >= 4 is 40.3 Å². The van der Waals surface area contributed by atoms with Gasteiger partial charge in [0.1, 0.15) is 5.82 Å². The van der Waals surface area contributed by atoms with Gasteiger partial charge in [-0.05, 0) is 56.3 Å². The number of esters is 1. The zero-order chi connectivity index (χ0) is 24.5. The Balaban J connectivity index is 1.54. The molecule has 0 spiro atoms. The zero-order valence-corrected chi connectivity index (χ0v) is 22.3. The van der Waals surface area contributed by atoms with Crippen LogP contribution in [0.5, 0.6) is 0 Å². The van der Waals surface area contributed by atoms with E-state index >= 15 is 0 Å². The van der Waals surface area contributed by atoms with Crippen LogP contribution in [0, 0.1) is 12.8 Å². The number of halogens is 1. The largest absolute Gasteiger partial charge is 0.465 e. The number of nitrogens with zero attached hydrogens (tertiary/aromatic N) is 3. The number of aryl methyl sites for hydroxylation is 1. The SMILES string of the molecule is CCC(O)CNc1nc(N)nc(C)c1Cc1ccc(CC(=O)OCC2CCN(CI)CC2)cc1. The van der Waals surface area contributed by atoms with Crippen LogP contribution in [0.1, 0.15) is 48.6 Å². The average molecular weight is 581 g/mol. The van der Waals surface area contributed by atoms with Gasteiger partial charge in [0.15, 0.2) is 0 Å². The molecule has 34 heavy (non-hydrogen) atoms. The Bertz CT molecular complexity index is 933. The van der Waals surface area contributed by atoms with Crippen LogP contribution in [0.15, 0.2) is 24.3 Å². The lowest BCUT2D eigenvalue weighted by Crippen LogP contribution is -2.34. The van der Waals surface area contributed by atoms with Crippen molar-refractivity contribution in [1.82, 2.24) is 14.9 Å². The topological polar surface area (TPSA) is 114 Å². The molecule has 186 valence electrons. The Morgan fingerprint density at radius 2 is 1.94 bits per heavy atom. The maximum atomic E-state index is 12.3. The van der Waals surface area contributed by atoms with Crippen molar-refractivity contribution in [2.45, 2.75) is 52.1 Å². The summed E-state index contributed by atoms with van der Waals surface area (Å²) >= 11 is 2.40. The van der Waals surface area contributed by atoms with E-state index in [4.69, 9.17) is 10.5 Å². The highest BCUT2D eigenvalue weighted by Crippen LogP contribution is 2.22. The van der Waals surface area contributed by atoms with Gasteiger partial charge in [0, 0.05) is 24.2 Å². The van der Waals surface area contributed by atoms with Crippen molar-refractivity contribution in [2.24, 2.45) is 5.92 Å². The van der Waals surface area contributed by atoms with Gasteiger partial charge in [0.05, 0.1) is 23.7 Å². The van der Waals surface area contributed by atoms with Gasteiger partial charge in [-0.1, -0.05) is 53.8 Å². The maximum absolute atomic E-state index is 12.3. The summed E-state index contributed by atoms with van der Waals surface area (Å²) in [7, 11) is 0. The number of alkyl halides is 1. The first-order valence-electron chi connectivity index (χ1n) is 11.9. The number of anilines is 2. The minimum Gasteiger partial charge on any atom is -0.465 e. The molecule has 1 aromatic carbocycles. The fraction of sp³-hybridized carbons (Fsp3) is 0.560. The molecule has 3 rings (SSSR count). The number of carbonyl (C=O) groups is 1. The van der Waals surface area contributed by atoms with Crippen LogP contribution in [-0.4, -0.2) is 62.8 Å². The summed E-state index contributed by atoms with van der Waals surface area (Å²) in [4.78, 5) is 23.4. The predicted octanol–water partition coefficient (Wildman–Crippen LogP) is 3.33. The number of piperidine rings is 1. The van der Waals surface area contributed by atoms with Gasteiger partial charge < -0.3 is 20.9 Å². The van der Waals surface area contributed by atoms with E-state index in [0.717, 1.165) is 52.9 Å². The standard InChI is InChI=1S/C25H36IN5O3/c1-3-21(32)14-28-24-22(17(2)29-25(27)30-24)12-18-4-6-19(7-5-18)13-23(33)34-15-20-8-10-31(16-26)11-9-20/h4-7,20-21,32H,3,8-16H2,1-2H3,(H3,27,28,29,30). The number of rotatable bonds is 11. The molecule has 4 N–H and O–H groups in total. The summed E-state index contributed by atoms with van der Waals surface area (Å²) in [6.45, 7) is 6.93. The minimum absolute atomic E-state index is 0.173. The molecule has 0 aliphatic carbocycles. The van der Waals surface area contributed by atoms with E-state index < -0.39 is 6.10 Å². The summed E-state index contributed by atoms with van der Waals surface area (Å²) in [5.74, 6) is 1.15. The molecule has 2 heterocycles. The third-order valence-corrected chi connectivity index (χ3v) is 7.28. The van der Waals surface area contributed by atoms with Crippen molar-refractivity contribution in [1.29, 1.82) is 0 Å². The summed E-state index contributed by atoms with van der Waals surface area (Å²) in [6.07, 6.45) is 3.28. The van der Waals surface area contributed by atoms with Crippen LogP contribution in [0.3, 0.4) is 0 Å². The monoisotopic (exact) mass is 581 g/mol. The van der Waals surface area contributed by atoms with E-state index in [1.54, 1.807) is 0 Å². The molecule has 1 saturated heterocycles. The van der Waals surface area contributed by atoms with Crippen LogP contribution >= 0.6 is 22.6 Å². The number of benzene rings is 1. The molecule has 0 radical (unpaired) electrons. The zero-order valence-electron chi connectivity index (χ0n) is 20.1. The molecule has 1 aliphatic heterocycles. The lowest BCUT2D eigenvalue weighted by atomic mass is 9.98. The molecule has 2 aromatic rings. The molecule has 1 aliphatic rings. The van der Waals surface area contributed by atoms with Gasteiger partial charge in [0.25, 0.3) is 0 Å². The van der Waals surface area contributed by atoms with E-state index in [2.05, 4.69) is 42.8 Å². The number of likely N-dealkylation sites (tertiary alicyclic amines) is 1. The molecule has 1 fully saturated rings. The summed E-state index contributed by atoms with van der Waals surface area (Å²) in [5, 5.41) is 13.1. The maximum Gasteiger partial charge on any atom is 0.310 e. The van der Waals surface area contributed by atoms with Crippen LogP contribution in [0.4, 0.5) is 11.8 Å². The Labute approximate surface area is 215 Å². The normalized spacial score (nSPS) is 15.8. The van der Waals surface area contributed by atoms with Crippen molar-refractivity contribution in [2.75, 3.05) is 41.8 Å². The average Bonchev–Trinajstić information content (AvgIpc) is 2.84. The van der Waals surface area contributed by atoms with E-state index in [1.807, 2.05) is 38.1 Å². The lowest BCUT2D eigenvalue weighted by molar-refractivity contribution is -0.144. The van der Waals surface area contributed by atoms with E-state index in [9.17, 15) is 9.90 Å². The summed E-state index contributed by atoms with van der Waals surface area (Å²) < 4.78 is 6.62. The molecule has 0 saturated carbocycles. The molecular weight excluding hydrogens is 545 g/mol. The second-order valence-electron chi connectivity index (χ2n) is 8.97. The molecule has 1 aromatic heterocycles. The molecule has 8 nitrogen and oxygen atoms in total. The van der Waals surface area contributed by atoms with Gasteiger partial charge in [-0.3, -0.25) is 9.69 Å². The van der Waals surface area contributed by atoms with E-state index in [0.29, 0.717) is 37.7 Å². The minimum atomic E-state index is -0.452. The number of nitrogens with two attached hydrogens (primary N) is 1. The quantitative estimate of drug-likeness (QED) is 0.160. The fourth-order valence-electron chi connectivity index (χ4n) is 4.01. The molecular formula is C25H36IN5O3. The fourth-order valence-corrected chi connectivity index (χ4v) is 4.70. The number of hydrogen-bond acceptors (Lipinski definition) is 8. The van der Waals surface area contributed by atoms with Gasteiger partial charge in [-0.25, -0.2) is 4.98 Å². The number of ether oxygens (including phenoxy) is 1. The third-order valence-electron chi connectivity index (χ3n) is 6.32. The summed E-state index contributed by atoms with van der Waals surface area (Å²) in [6, 6.07) is 7.97. The van der Waals surface area contributed by atoms with Crippen molar-refractivity contribution in [3.05, 3.63) is 46.6 Å². The third kappa shape index (κ3) is 8.06. The van der Waals surface area contributed by atoms with Crippen molar-refractivity contribution < 1.29 is 14.6 Å². The van der Waals surface area contributed by atoms with Crippen LogP contribution in [0.25, 0.3) is 0 Å².